The lowest BCUT2D eigenvalue weighted by molar-refractivity contribution is -0.122. The number of aromatic nitrogens is 2. The van der Waals surface area contributed by atoms with E-state index in [-0.39, 0.29) is 11.9 Å². The first kappa shape index (κ1) is 12.4. The van der Waals surface area contributed by atoms with E-state index >= 15 is 0 Å². The van der Waals surface area contributed by atoms with E-state index in [0.717, 1.165) is 37.6 Å². The molecule has 2 rings (SSSR count). The van der Waals surface area contributed by atoms with E-state index in [1.807, 2.05) is 12.5 Å². The van der Waals surface area contributed by atoms with Gasteiger partial charge >= 0.3 is 0 Å². The normalized spacial score (nSPS) is 19.4. The summed E-state index contributed by atoms with van der Waals surface area (Å²) in [4.78, 5) is 15.6. The Hall–Kier alpha value is -1.01. The van der Waals surface area contributed by atoms with Crippen LogP contribution in [0.5, 0.6) is 0 Å². The van der Waals surface area contributed by atoms with Crippen LogP contribution in [-0.2, 0) is 11.3 Å². The minimum absolute atomic E-state index is 0.00801. The number of carbonyl (C=O) groups excluding carboxylic acids is 1. The highest BCUT2D eigenvalue weighted by Crippen LogP contribution is 2.09. The zero-order valence-corrected chi connectivity index (χ0v) is 10.6. The molecule has 5 nitrogen and oxygen atoms in total. The summed E-state index contributed by atoms with van der Waals surface area (Å²) in [6.07, 6.45) is 7.62. The van der Waals surface area contributed by atoms with Crippen molar-refractivity contribution in [3.63, 3.8) is 0 Å². The lowest BCUT2D eigenvalue weighted by Crippen LogP contribution is -2.42. The molecule has 0 bridgehead atoms. The molecule has 0 radical (unpaired) electrons. The topological polar surface area (TPSA) is 59.0 Å². The quantitative estimate of drug-likeness (QED) is 0.723. The lowest BCUT2D eigenvalue weighted by atomic mass is 10.3. The summed E-state index contributed by atoms with van der Waals surface area (Å²) in [5.74, 6) is 1.91. The third-order valence-electron chi connectivity index (χ3n) is 2.73. The summed E-state index contributed by atoms with van der Waals surface area (Å²) >= 11 is 1.77. The van der Waals surface area contributed by atoms with E-state index < -0.39 is 0 Å². The van der Waals surface area contributed by atoms with E-state index in [0.29, 0.717) is 0 Å². The fourth-order valence-corrected chi connectivity index (χ4v) is 2.68. The average Bonchev–Trinajstić information content (AvgIpc) is 3.01. The number of amides is 1. The first-order valence-corrected chi connectivity index (χ1v) is 7.06. The number of nitrogens with one attached hydrogen (secondary N) is 2. The number of imidazole rings is 1. The highest BCUT2D eigenvalue weighted by atomic mass is 32.2. The van der Waals surface area contributed by atoms with Gasteiger partial charge < -0.3 is 9.88 Å². The molecule has 1 atom stereocenters. The van der Waals surface area contributed by atoms with Crippen LogP contribution in [0.1, 0.15) is 12.8 Å². The molecule has 2 N–H and O–H groups in total. The molecule has 1 unspecified atom stereocenters. The van der Waals surface area contributed by atoms with Crippen LogP contribution in [0.25, 0.3) is 0 Å². The van der Waals surface area contributed by atoms with E-state index in [1.165, 1.54) is 0 Å². The Balaban J connectivity index is 1.52. The highest BCUT2D eigenvalue weighted by molar-refractivity contribution is 7.99. The van der Waals surface area contributed by atoms with Crippen molar-refractivity contribution in [1.29, 1.82) is 0 Å². The zero-order chi connectivity index (χ0) is 11.9. The number of hydrogen-bond acceptors (Lipinski definition) is 4. The second kappa shape index (κ2) is 6.66. The van der Waals surface area contributed by atoms with Crippen LogP contribution < -0.4 is 10.6 Å². The fraction of sp³-hybridized carbons (Fsp3) is 0.636. The molecule has 1 aliphatic rings. The molecule has 1 aromatic rings. The number of carbonyl (C=O) groups is 1. The third-order valence-corrected chi connectivity index (χ3v) is 3.67. The van der Waals surface area contributed by atoms with Crippen LogP contribution in [0.4, 0.5) is 0 Å². The molecule has 1 saturated heterocycles. The summed E-state index contributed by atoms with van der Waals surface area (Å²) in [7, 11) is 0. The number of hydrogen-bond donors (Lipinski definition) is 2. The van der Waals surface area contributed by atoms with Gasteiger partial charge in [-0.15, -0.1) is 11.8 Å². The standard InChI is InChI=1S/C11H18N4OS/c16-11(10-7-17-9-14-10)13-3-1-2-5-15-6-4-12-8-15/h4,6,8,10,14H,1-3,5,7,9H2,(H,13,16). The van der Waals surface area contributed by atoms with Crippen LogP contribution in [0, 0.1) is 0 Å². The fourth-order valence-electron chi connectivity index (χ4n) is 1.74. The van der Waals surface area contributed by atoms with Crippen molar-refractivity contribution in [2.24, 2.45) is 0 Å². The van der Waals surface area contributed by atoms with Gasteiger partial charge in [-0.2, -0.15) is 0 Å². The van der Waals surface area contributed by atoms with Crippen LogP contribution in [-0.4, -0.2) is 39.7 Å². The van der Waals surface area contributed by atoms with Crippen molar-refractivity contribution in [2.75, 3.05) is 18.2 Å². The molecule has 1 fully saturated rings. The van der Waals surface area contributed by atoms with Gasteiger partial charge in [-0.3, -0.25) is 10.1 Å². The van der Waals surface area contributed by atoms with Crippen molar-refractivity contribution in [3.05, 3.63) is 18.7 Å². The largest absolute Gasteiger partial charge is 0.355 e. The van der Waals surface area contributed by atoms with Gasteiger partial charge in [-0.25, -0.2) is 4.98 Å². The number of aryl methyl sites for hydroxylation is 1. The summed E-state index contributed by atoms with van der Waals surface area (Å²) < 4.78 is 2.05. The average molecular weight is 254 g/mol. The van der Waals surface area contributed by atoms with Crippen LogP contribution in [0.2, 0.25) is 0 Å². The Kier molecular flexibility index (Phi) is 4.88. The second-order valence-corrected chi connectivity index (χ2v) is 5.10. The molecular formula is C11H18N4OS. The molecule has 17 heavy (non-hydrogen) atoms. The predicted octanol–water partition coefficient (Wildman–Crippen LogP) is 0.442. The van der Waals surface area contributed by atoms with Crippen molar-refractivity contribution in [2.45, 2.75) is 25.4 Å². The summed E-state index contributed by atoms with van der Waals surface area (Å²) in [6.45, 7) is 1.73. The first-order valence-electron chi connectivity index (χ1n) is 5.91. The van der Waals surface area contributed by atoms with Crippen molar-refractivity contribution in [1.82, 2.24) is 20.2 Å². The molecule has 0 spiro atoms. The Bertz CT molecular complexity index is 335. The van der Waals surface area contributed by atoms with E-state index in [1.54, 1.807) is 18.0 Å². The molecule has 0 aromatic carbocycles. The molecular weight excluding hydrogens is 236 g/mol. The molecule has 0 aliphatic carbocycles. The SMILES string of the molecule is O=C(NCCCCn1ccnc1)C1CSCN1. The van der Waals surface area contributed by atoms with Gasteiger partial charge in [0.25, 0.3) is 0 Å². The van der Waals surface area contributed by atoms with Gasteiger partial charge in [-0.05, 0) is 12.8 Å². The summed E-state index contributed by atoms with van der Waals surface area (Å²) in [6, 6.07) is 0.00801. The van der Waals surface area contributed by atoms with Crippen LogP contribution in [0.15, 0.2) is 18.7 Å². The highest BCUT2D eigenvalue weighted by Gasteiger charge is 2.21. The first-order chi connectivity index (χ1) is 8.36. The van der Waals surface area contributed by atoms with Gasteiger partial charge in [-0.1, -0.05) is 0 Å². The maximum Gasteiger partial charge on any atom is 0.238 e. The third kappa shape index (κ3) is 4.05. The van der Waals surface area contributed by atoms with Crippen LogP contribution in [0.3, 0.4) is 0 Å². The van der Waals surface area contributed by atoms with Crippen molar-refractivity contribution in [3.8, 4) is 0 Å². The minimum atomic E-state index is 0.00801. The Morgan fingerprint density at radius 2 is 2.53 bits per heavy atom. The van der Waals surface area contributed by atoms with Gasteiger partial charge in [0.1, 0.15) is 0 Å². The molecule has 94 valence electrons. The van der Waals surface area contributed by atoms with E-state index in [4.69, 9.17) is 0 Å². The summed E-state index contributed by atoms with van der Waals surface area (Å²) in [5.41, 5.74) is 0. The molecule has 6 heteroatoms. The number of rotatable bonds is 6. The maximum atomic E-state index is 11.6. The monoisotopic (exact) mass is 254 g/mol. The van der Waals surface area contributed by atoms with E-state index in [2.05, 4.69) is 20.2 Å². The smallest absolute Gasteiger partial charge is 0.238 e. The Morgan fingerprint density at radius 3 is 3.24 bits per heavy atom. The lowest BCUT2D eigenvalue weighted by Gasteiger charge is -2.10. The van der Waals surface area contributed by atoms with E-state index in [9.17, 15) is 4.79 Å². The molecule has 1 aliphatic heterocycles. The van der Waals surface area contributed by atoms with Crippen molar-refractivity contribution < 1.29 is 4.79 Å². The predicted molar refractivity (Wildman–Crippen MR) is 68.7 cm³/mol. The summed E-state index contributed by atoms with van der Waals surface area (Å²) in [5, 5.41) is 6.12. The second-order valence-electron chi connectivity index (χ2n) is 4.07. The Morgan fingerprint density at radius 1 is 1.59 bits per heavy atom. The van der Waals surface area contributed by atoms with Gasteiger partial charge in [0.2, 0.25) is 5.91 Å². The maximum absolute atomic E-state index is 11.6. The molecule has 1 amide bonds. The number of thioether (sulfide) groups is 1. The minimum Gasteiger partial charge on any atom is -0.355 e. The Labute approximate surface area is 105 Å². The molecule has 2 heterocycles. The number of unbranched alkanes of at least 4 members (excludes halogenated alkanes) is 1. The van der Waals surface area contributed by atoms with Gasteiger partial charge in [0.05, 0.1) is 12.4 Å². The van der Waals surface area contributed by atoms with Crippen LogP contribution >= 0.6 is 11.8 Å². The van der Waals surface area contributed by atoms with Gasteiger partial charge in [0.15, 0.2) is 0 Å². The molecule has 0 saturated carbocycles. The zero-order valence-electron chi connectivity index (χ0n) is 9.76. The van der Waals surface area contributed by atoms with Gasteiger partial charge in [0, 0.05) is 37.1 Å². The molecule has 1 aromatic heterocycles. The van der Waals surface area contributed by atoms with Crippen molar-refractivity contribution >= 4 is 17.7 Å². The number of nitrogens with zero attached hydrogens (tertiary/aromatic N) is 2.